The summed E-state index contributed by atoms with van der Waals surface area (Å²) in [6, 6.07) is 38.9. The van der Waals surface area contributed by atoms with Gasteiger partial charge in [-0.15, -0.1) is 0 Å². The predicted octanol–water partition coefficient (Wildman–Crippen LogP) is 7.35. The number of furan rings is 1. The number of benzene rings is 3. The predicted molar refractivity (Wildman–Crippen MR) is 136 cm³/mol. The zero-order chi connectivity index (χ0) is 21.3. The molecule has 32 heavy (non-hydrogen) atoms. The minimum atomic E-state index is 0.341. The fourth-order valence-electron chi connectivity index (χ4n) is 3.89. The zero-order valence-electron chi connectivity index (χ0n) is 17.1. The number of nitrogens with zero attached hydrogens (tertiary/aromatic N) is 1. The van der Waals surface area contributed by atoms with Gasteiger partial charge in [0.2, 0.25) is 0 Å². The van der Waals surface area contributed by atoms with Crippen molar-refractivity contribution in [3.63, 3.8) is 0 Å². The van der Waals surface area contributed by atoms with Gasteiger partial charge in [0.15, 0.2) is 0 Å². The monoisotopic (exact) mass is 545 g/mol. The Bertz CT molecular complexity index is 1380. The molecule has 0 aliphatic heterocycles. The topological polar surface area (TPSA) is 16.4 Å². The van der Waals surface area contributed by atoms with Crippen LogP contribution in [0.1, 0.15) is 0 Å². The van der Waals surface area contributed by atoms with Crippen LogP contribution < -0.4 is 4.90 Å². The van der Waals surface area contributed by atoms with E-state index in [1.807, 2.05) is 6.07 Å². The summed E-state index contributed by atoms with van der Waals surface area (Å²) in [5.74, 6) is 1.02. The van der Waals surface area contributed by atoms with E-state index in [2.05, 4.69) is 108 Å². The van der Waals surface area contributed by atoms with Gasteiger partial charge in [-0.05, 0) is 0 Å². The van der Waals surface area contributed by atoms with Crippen molar-refractivity contribution in [3.05, 3.63) is 115 Å². The number of hydrogen-bond donors (Lipinski definition) is 0. The van der Waals surface area contributed by atoms with Gasteiger partial charge in [0.25, 0.3) is 0 Å². The Hall–Kier alpha value is -3.00. The molecule has 3 heterocycles. The van der Waals surface area contributed by atoms with Crippen LogP contribution in [0.3, 0.4) is 0 Å². The molecule has 3 aromatic heterocycles. The van der Waals surface area contributed by atoms with Crippen molar-refractivity contribution in [2.45, 2.75) is 0 Å². The Morgan fingerprint density at radius 3 is 1.69 bits per heavy atom. The van der Waals surface area contributed by atoms with Gasteiger partial charge < -0.3 is 0 Å². The van der Waals surface area contributed by atoms with Gasteiger partial charge >= 0.3 is 200 Å². The van der Waals surface area contributed by atoms with Crippen molar-refractivity contribution in [3.8, 4) is 20.2 Å². The van der Waals surface area contributed by atoms with E-state index in [9.17, 15) is 0 Å². The fraction of sp³-hybridized carbons (Fsp3) is 0. The van der Waals surface area contributed by atoms with Crippen LogP contribution in [0.2, 0.25) is 0 Å². The van der Waals surface area contributed by atoms with Crippen LogP contribution in [-0.4, -0.2) is 29.0 Å². The second-order valence-electron chi connectivity index (χ2n) is 7.48. The third-order valence-corrected chi connectivity index (χ3v) is 10.7. The van der Waals surface area contributed by atoms with Crippen LogP contribution in [0, 0.1) is 0 Å². The molecule has 0 spiro atoms. The molecule has 2 nitrogen and oxygen atoms in total. The Balaban J connectivity index is 1.34. The van der Waals surface area contributed by atoms with Crippen molar-refractivity contribution in [2.75, 3.05) is 4.90 Å². The number of fused-ring (bicyclic) bond motifs is 1. The standard InChI is InChI=1S/C28H19NOSe2/c1-3-8-21(9-4-1)29(22-10-5-2-6-11-22)23-15-13-20(14-16-23)25-18-27-28(31-25)19-26(32-27)24-12-7-17-30-24/h1-19H. The first-order valence-electron chi connectivity index (χ1n) is 10.4. The Kier molecular flexibility index (Phi) is 5.22. The molecular formula is C28H19NOSe2. The van der Waals surface area contributed by atoms with Gasteiger partial charge in [0.1, 0.15) is 0 Å². The second-order valence-corrected chi connectivity index (χ2v) is 12.0. The van der Waals surface area contributed by atoms with Crippen molar-refractivity contribution >= 4 is 54.6 Å². The molecule has 3 aromatic carbocycles. The molecule has 4 heteroatoms. The fourth-order valence-corrected chi connectivity index (χ4v) is 9.69. The maximum atomic E-state index is 5.60. The van der Waals surface area contributed by atoms with E-state index >= 15 is 0 Å². The molecule has 0 saturated carbocycles. The number of rotatable bonds is 5. The van der Waals surface area contributed by atoms with E-state index in [1.165, 1.54) is 28.6 Å². The van der Waals surface area contributed by atoms with E-state index in [0.29, 0.717) is 29.0 Å². The molecule has 154 valence electrons. The maximum absolute atomic E-state index is 5.60. The summed E-state index contributed by atoms with van der Waals surface area (Å²) in [7, 11) is 0. The van der Waals surface area contributed by atoms with E-state index in [0.717, 1.165) is 17.1 Å². The molecule has 0 saturated heterocycles. The van der Waals surface area contributed by atoms with E-state index in [1.54, 1.807) is 6.26 Å². The summed E-state index contributed by atoms with van der Waals surface area (Å²) in [6.07, 6.45) is 1.76. The van der Waals surface area contributed by atoms with Gasteiger partial charge in [0, 0.05) is 0 Å². The van der Waals surface area contributed by atoms with Crippen LogP contribution in [0.25, 0.3) is 28.7 Å². The Morgan fingerprint density at radius 1 is 0.531 bits per heavy atom. The SMILES string of the molecule is c1ccc(N(c2ccccc2)c2ccc(-c3cc4[se]c(-c5ccco5)cc4[se]3)cc2)cc1. The summed E-state index contributed by atoms with van der Waals surface area (Å²) in [6.45, 7) is 0. The second kappa shape index (κ2) is 8.50. The van der Waals surface area contributed by atoms with Crippen LogP contribution in [0.15, 0.2) is 120 Å². The third kappa shape index (κ3) is 3.72. The van der Waals surface area contributed by atoms with Gasteiger partial charge in [-0.1, -0.05) is 0 Å². The van der Waals surface area contributed by atoms with Gasteiger partial charge in [0.05, 0.1) is 0 Å². The summed E-state index contributed by atoms with van der Waals surface area (Å²) in [5.41, 5.74) is 4.82. The van der Waals surface area contributed by atoms with Crippen molar-refractivity contribution in [1.82, 2.24) is 0 Å². The Morgan fingerprint density at radius 2 is 1.09 bits per heavy atom. The van der Waals surface area contributed by atoms with Crippen LogP contribution in [-0.2, 0) is 0 Å². The Labute approximate surface area is 198 Å². The number of hydrogen-bond acceptors (Lipinski definition) is 2. The first-order valence-corrected chi connectivity index (χ1v) is 13.9. The van der Waals surface area contributed by atoms with E-state index in [4.69, 9.17) is 4.42 Å². The number of para-hydroxylation sites is 2. The van der Waals surface area contributed by atoms with Crippen molar-refractivity contribution < 1.29 is 4.42 Å². The first-order chi connectivity index (χ1) is 15.8. The molecular weight excluding hydrogens is 524 g/mol. The molecule has 0 unspecified atom stereocenters. The molecule has 0 amide bonds. The summed E-state index contributed by atoms with van der Waals surface area (Å²) in [5, 5.41) is 0. The summed E-state index contributed by atoms with van der Waals surface area (Å²) in [4.78, 5) is 2.30. The quantitative estimate of drug-likeness (QED) is 0.212. The normalized spacial score (nSPS) is 11.1. The first kappa shape index (κ1) is 19.7. The summed E-state index contributed by atoms with van der Waals surface area (Å²) < 4.78 is 11.5. The third-order valence-electron chi connectivity index (χ3n) is 5.41. The van der Waals surface area contributed by atoms with Crippen LogP contribution >= 0.6 is 0 Å². The van der Waals surface area contributed by atoms with Gasteiger partial charge in [-0.25, -0.2) is 0 Å². The average molecular weight is 543 g/mol. The minimum absolute atomic E-state index is 0.341. The molecule has 0 bridgehead atoms. The van der Waals surface area contributed by atoms with Crippen molar-refractivity contribution in [1.29, 1.82) is 0 Å². The van der Waals surface area contributed by atoms with E-state index < -0.39 is 0 Å². The summed E-state index contributed by atoms with van der Waals surface area (Å²) >= 11 is 0.694. The van der Waals surface area contributed by atoms with Gasteiger partial charge in [-0.3, -0.25) is 0 Å². The average Bonchev–Trinajstić information content (AvgIpc) is 3.58. The molecule has 0 N–H and O–H groups in total. The van der Waals surface area contributed by atoms with E-state index in [-0.39, 0.29) is 0 Å². The van der Waals surface area contributed by atoms with Crippen LogP contribution in [0.5, 0.6) is 0 Å². The van der Waals surface area contributed by atoms with Crippen molar-refractivity contribution in [2.24, 2.45) is 0 Å². The zero-order valence-corrected chi connectivity index (χ0v) is 20.6. The molecule has 6 rings (SSSR count). The van der Waals surface area contributed by atoms with Gasteiger partial charge in [-0.2, -0.15) is 0 Å². The molecule has 0 radical (unpaired) electrons. The molecule has 0 aliphatic rings. The van der Waals surface area contributed by atoms with Crippen LogP contribution in [0.4, 0.5) is 17.1 Å². The molecule has 0 fully saturated rings. The molecule has 0 aliphatic carbocycles. The molecule has 6 aromatic rings. The molecule has 0 atom stereocenters. The number of anilines is 3.